The summed E-state index contributed by atoms with van der Waals surface area (Å²) in [6, 6.07) is 9.50. The van der Waals surface area contributed by atoms with E-state index in [1.165, 1.54) is 6.20 Å². The van der Waals surface area contributed by atoms with Gasteiger partial charge in [0.15, 0.2) is 0 Å². The van der Waals surface area contributed by atoms with Gasteiger partial charge >= 0.3 is 0 Å². The molecule has 5 nitrogen and oxygen atoms in total. The van der Waals surface area contributed by atoms with Gasteiger partial charge < -0.3 is 21.3 Å². The quantitative estimate of drug-likeness (QED) is 0.788. The van der Waals surface area contributed by atoms with Crippen molar-refractivity contribution in [3.8, 4) is 5.75 Å². The zero-order chi connectivity index (χ0) is 16.6. The molecular weight excluding hydrogens is 290 g/mol. The van der Waals surface area contributed by atoms with Crippen molar-refractivity contribution in [3.63, 3.8) is 0 Å². The highest BCUT2D eigenvalue weighted by Crippen LogP contribution is 2.34. The number of hydrogen-bond acceptors (Lipinski definition) is 5. The normalized spacial score (nSPS) is 18.2. The number of aromatic nitrogens is 1. The summed E-state index contributed by atoms with van der Waals surface area (Å²) < 4.78 is 5.80. The van der Waals surface area contributed by atoms with E-state index in [-0.39, 0.29) is 11.6 Å². The second kappa shape index (κ2) is 5.74. The third kappa shape index (κ3) is 2.84. The average Bonchev–Trinajstić information content (AvgIpc) is 3.36. The molecule has 0 bridgehead atoms. The fraction of sp³-hybridized carbons (Fsp3) is 0.389. The minimum Gasteiger partial charge on any atom is -0.490 e. The predicted molar refractivity (Wildman–Crippen MR) is 90.6 cm³/mol. The van der Waals surface area contributed by atoms with E-state index < -0.39 is 5.60 Å². The SMILES string of the molecule is CC(C)C(O)(/C(N)=C/N)c1ccc2cc(OC3CC3)ccc2n1. The van der Waals surface area contributed by atoms with Gasteiger partial charge in [-0.05, 0) is 43.0 Å². The van der Waals surface area contributed by atoms with E-state index in [4.69, 9.17) is 16.2 Å². The number of rotatable bonds is 5. The number of nitrogens with zero attached hydrogens (tertiary/aromatic N) is 1. The summed E-state index contributed by atoms with van der Waals surface area (Å²) in [6.45, 7) is 3.77. The molecule has 1 aromatic heterocycles. The van der Waals surface area contributed by atoms with Crippen LogP contribution in [-0.2, 0) is 5.60 Å². The fourth-order valence-electron chi connectivity index (χ4n) is 2.67. The van der Waals surface area contributed by atoms with E-state index in [1.807, 2.05) is 38.1 Å². The number of pyridine rings is 1. The Kier molecular flexibility index (Phi) is 3.90. The minimum absolute atomic E-state index is 0.162. The summed E-state index contributed by atoms with van der Waals surface area (Å²) in [7, 11) is 0. The Morgan fingerprint density at radius 2 is 2.09 bits per heavy atom. The molecule has 0 radical (unpaired) electrons. The van der Waals surface area contributed by atoms with Gasteiger partial charge in [-0.2, -0.15) is 0 Å². The Balaban J connectivity index is 2.01. The highest BCUT2D eigenvalue weighted by atomic mass is 16.5. The Hall–Kier alpha value is -2.27. The van der Waals surface area contributed by atoms with E-state index in [9.17, 15) is 5.11 Å². The van der Waals surface area contributed by atoms with Crippen molar-refractivity contribution in [3.05, 3.63) is 47.9 Å². The van der Waals surface area contributed by atoms with Crippen molar-refractivity contribution in [2.45, 2.75) is 38.4 Å². The second-order valence-electron chi connectivity index (χ2n) is 6.41. The molecule has 1 aromatic carbocycles. The zero-order valence-electron chi connectivity index (χ0n) is 13.5. The summed E-state index contributed by atoms with van der Waals surface area (Å²) in [5.74, 6) is 0.694. The highest BCUT2D eigenvalue weighted by molar-refractivity contribution is 5.80. The van der Waals surface area contributed by atoms with Crippen LogP contribution in [0.2, 0.25) is 0 Å². The van der Waals surface area contributed by atoms with E-state index in [0.29, 0.717) is 11.8 Å². The summed E-state index contributed by atoms with van der Waals surface area (Å²) in [5, 5.41) is 12.0. The molecular formula is C18H23N3O2. The van der Waals surface area contributed by atoms with Gasteiger partial charge in [-0.15, -0.1) is 0 Å². The van der Waals surface area contributed by atoms with Gasteiger partial charge in [0.2, 0.25) is 0 Å². The molecule has 23 heavy (non-hydrogen) atoms. The van der Waals surface area contributed by atoms with Crippen molar-refractivity contribution >= 4 is 10.9 Å². The lowest BCUT2D eigenvalue weighted by atomic mass is 9.84. The molecule has 5 N–H and O–H groups in total. The molecule has 1 aliphatic carbocycles. The number of nitrogens with two attached hydrogens (primary N) is 2. The smallest absolute Gasteiger partial charge is 0.149 e. The molecule has 5 heteroatoms. The fourth-order valence-corrected chi connectivity index (χ4v) is 2.67. The lowest BCUT2D eigenvalue weighted by Crippen LogP contribution is -2.39. The van der Waals surface area contributed by atoms with Gasteiger partial charge in [0.1, 0.15) is 11.4 Å². The molecule has 1 fully saturated rings. The standard InChI is InChI=1S/C18H23N3O2/c1-11(2)18(22,16(20)10-19)17-8-3-12-9-14(23-13-4-5-13)6-7-15(12)21-17/h3,6-11,13,22H,4-5,19-20H2,1-2H3/b16-10-. The largest absolute Gasteiger partial charge is 0.490 e. The van der Waals surface area contributed by atoms with E-state index in [1.54, 1.807) is 6.07 Å². The van der Waals surface area contributed by atoms with Crippen LogP contribution in [0.25, 0.3) is 10.9 Å². The molecule has 0 spiro atoms. The first-order valence-electron chi connectivity index (χ1n) is 7.93. The van der Waals surface area contributed by atoms with Gasteiger partial charge in [-0.25, -0.2) is 4.98 Å². The number of benzene rings is 1. The first kappa shape index (κ1) is 15.6. The van der Waals surface area contributed by atoms with Gasteiger partial charge in [0.25, 0.3) is 0 Å². The zero-order valence-corrected chi connectivity index (χ0v) is 13.5. The summed E-state index contributed by atoms with van der Waals surface area (Å²) in [5.41, 5.74) is 11.6. The molecule has 1 aliphatic rings. The third-order valence-corrected chi connectivity index (χ3v) is 4.33. The Morgan fingerprint density at radius 1 is 1.35 bits per heavy atom. The molecule has 1 unspecified atom stereocenters. The topological polar surface area (TPSA) is 94.4 Å². The first-order chi connectivity index (χ1) is 10.9. The molecule has 0 aliphatic heterocycles. The number of ether oxygens (including phenoxy) is 1. The van der Waals surface area contributed by atoms with Gasteiger partial charge in [0, 0.05) is 11.6 Å². The lowest BCUT2D eigenvalue weighted by molar-refractivity contribution is 0.0219. The van der Waals surface area contributed by atoms with E-state index in [0.717, 1.165) is 29.5 Å². The van der Waals surface area contributed by atoms with E-state index >= 15 is 0 Å². The maximum Gasteiger partial charge on any atom is 0.149 e. The molecule has 1 heterocycles. The van der Waals surface area contributed by atoms with Crippen LogP contribution in [0, 0.1) is 5.92 Å². The Morgan fingerprint density at radius 3 is 2.70 bits per heavy atom. The average molecular weight is 313 g/mol. The van der Waals surface area contributed by atoms with Crippen LogP contribution in [-0.4, -0.2) is 16.2 Å². The maximum absolute atomic E-state index is 11.0. The summed E-state index contributed by atoms with van der Waals surface area (Å²) in [4.78, 5) is 4.59. The van der Waals surface area contributed by atoms with Crippen molar-refractivity contribution < 1.29 is 9.84 Å². The molecule has 2 aromatic rings. The van der Waals surface area contributed by atoms with Crippen LogP contribution in [0.4, 0.5) is 0 Å². The van der Waals surface area contributed by atoms with Crippen molar-refractivity contribution in [1.82, 2.24) is 4.98 Å². The Labute approximate surface area is 136 Å². The number of hydrogen-bond donors (Lipinski definition) is 3. The first-order valence-corrected chi connectivity index (χ1v) is 7.93. The van der Waals surface area contributed by atoms with Gasteiger partial charge in [-0.1, -0.05) is 19.9 Å². The minimum atomic E-state index is -1.38. The maximum atomic E-state index is 11.0. The predicted octanol–water partition coefficient (Wildman–Crippen LogP) is 2.38. The van der Waals surface area contributed by atoms with Crippen LogP contribution in [0.3, 0.4) is 0 Å². The molecule has 1 atom stereocenters. The number of fused-ring (bicyclic) bond motifs is 1. The van der Waals surface area contributed by atoms with Crippen LogP contribution in [0.1, 0.15) is 32.4 Å². The van der Waals surface area contributed by atoms with Crippen LogP contribution in [0.15, 0.2) is 42.2 Å². The lowest BCUT2D eigenvalue weighted by Gasteiger charge is -2.32. The van der Waals surface area contributed by atoms with Crippen LogP contribution < -0.4 is 16.2 Å². The van der Waals surface area contributed by atoms with Crippen molar-refractivity contribution in [1.29, 1.82) is 0 Å². The highest BCUT2D eigenvalue weighted by Gasteiger charge is 2.37. The third-order valence-electron chi connectivity index (χ3n) is 4.33. The van der Waals surface area contributed by atoms with Crippen LogP contribution >= 0.6 is 0 Å². The monoisotopic (exact) mass is 313 g/mol. The molecule has 1 saturated carbocycles. The molecule has 0 amide bonds. The molecule has 122 valence electrons. The molecule has 0 saturated heterocycles. The second-order valence-corrected chi connectivity index (χ2v) is 6.41. The van der Waals surface area contributed by atoms with Gasteiger partial charge in [-0.3, -0.25) is 0 Å². The van der Waals surface area contributed by atoms with Crippen molar-refractivity contribution in [2.75, 3.05) is 0 Å². The van der Waals surface area contributed by atoms with Crippen LogP contribution in [0.5, 0.6) is 5.75 Å². The molecule has 3 rings (SSSR count). The van der Waals surface area contributed by atoms with Gasteiger partial charge in [0.05, 0.1) is 23.0 Å². The van der Waals surface area contributed by atoms with Crippen molar-refractivity contribution in [2.24, 2.45) is 17.4 Å². The summed E-state index contributed by atoms with van der Waals surface area (Å²) >= 11 is 0. The Bertz CT molecular complexity index is 753. The van der Waals surface area contributed by atoms with E-state index in [2.05, 4.69) is 4.98 Å². The summed E-state index contributed by atoms with van der Waals surface area (Å²) in [6.07, 6.45) is 3.85. The number of aliphatic hydroxyl groups is 1.